The molecule has 9 heteroatoms. The van der Waals surface area contributed by atoms with E-state index in [0.29, 0.717) is 16.8 Å². The SMILES string of the molecule is C#CCOc1cc(N(C)C)ccc1C=Nn1c(-c2cccc(C(F)(F)F)c2)nc2ccccc2c1=O. The molecule has 0 aliphatic carbocycles. The van der Waals surface area contributed by atoms with Gasteiger partial charge in [-0.15, -0.1) is 6.42 Å². The Bertz CT molecular complexity index is 1550. The van der Waals surface area contributed by atoms with Crippen molar-refractivity contribution in [1.82, 2.24) is 9.66 Å². The third kappa shape index (κ3) is 5.08. The molecule has 0 bridgehead atoms. The van der Waals surface area contributed by atoms with Crippen molar-refractivity contribution < 1.29 is 17.9 Å². The molecule has 0 N–H and O–H groups in total. The lowest BCUT2D eigenvalue weighted by Crippen LogP contribution is -2.20. The Labute approximate surface area is 205 Å². The Kier molecular flexibility index (Phi) is 6.79. The van der Waals surface area contributed by atoms with Gasteiger partial charge in [0, 0.05) is 37.0 Å². The normalized spacial score (nSPS) is 11.6. The number of hydrogen-bond acceptors (Lipinski definition) is 5. The second-order valence-electron chi connectivity index (χ2n) is 8.00. The quantitative estimate of drug-likeness (QED) is 0.281. The van der Waals surface area contributed by atoms with Gasteiger partial charge in [0.15, 0.2) is 5.82 Å². The zero-order valence-electron chi connectivity index (χ0n) is 19.5. The van der Waals surface area contributed by atoms with Gasteiger partial charge in [0.05, 0.1) is 22.7 Å². The third-order valence-electron chi connectivity index (χ3n) is 5.34. The van der Waals surface area contributed by atoms with E-state index in [1.54, 1.807) is 36.4 Å². The number of alkyl halides is 3. The molecule has 0 saturated carbocycles. The summed E-state index contributed by atoms with van der Waals surface area (Å²) in [7, 11) is 3.74. The lowest BCUT2D eigenvalue weighted by Gasteiger charge is -2.15. The third-order valence-corrected chi connectivity index (χ3v) is 5.34. The van der Waals surface area contributed by atoms with E-state index < -0.39 is 17.3 Å². The number of para-hydroxylation sites is 1. The fraction of sp³-hybridized carbons (Fsp3) is 0.148. The summed E-state index contributed by atoms with van der Waals surface area (Å²) in [6.07, 6.45) is 2.17. The Morgan fingerprint density at radius 3 is 2.61 bits per heavy atom. The summed E-state index contributed by atoms with van der Waals surface area (Å²) in [5.41, 5.74) is 0.424. The summed E-state index contributed by atoms with van der Waals surface area (Å²) in [6.45, 7) is 0.0185. The molecule has 36 heavy (non-hydrogen) atoms. The van der Waals surface area contributed by atoms with Gasteiger partial charge in [0.25, 0.3) is 5.56 Å². The molecule has 0 fully saturated rings. The van der Waals surface area contributed by atoms with E-state index in [2.05, 4.69) is 16.0 Å². The maximum Gasteiger partial charge on any atom is 0.416 e. The van der Waals surface area contributed by atoms with Gasteiger partial charge in [0.2, 0.25) is 0 Å². The molecular formula is C27H21F3N4O2. The molecule has 0 radical (unpaired) electrons. The molecule has 0 aliphatic heterocycles. The van der Waals surface area contributed by atoms with Crippen LogP contribution in [0.3, 0.4) is 0 Å². The van der Waals surface area contributed by atoms with Crippen molar-refractivity contribution in [3.63, 3.8) is 0 Å². The minimum absolute atomic E-state index is 0.0185. The van der Waals surface area contributed by atoms with Crippen molar-refractivity contribution in [2.75, 3.05) is 25.6 Å². The average molecular weight is 490 g/mol. The van der Waals surface area contributed by atoms with Crippen LogP contribution in [0.15, 0.2) is 76.6 Å². The highest BCUT2D eigenvalue weighted by molar-refractivity contribution is 5.85. The van der Waals surface area contributed by atoms with Crippen molar-refractivity contribution in [3.05, 3.63) is 88.2 Å². The highest BCUT2D eigenvalue weighted by atomic mass is 19.4. The largest absolute Gasteiger partial charge is 0.480 e. The lowest BCUT2D eigenvalue weighted by molar-refractivity contribution is -0.137. The Balaban J connectivity index is 1.90. The van der Waals surface area contributed by atoms with E-state index in [4.69, 9.17) is 11.2 Å². The number of terminal acetylenes is 1. The van der Waals surface area contributed by atoms with Gasteiger partial charge in [-0.3, -0.25) is 4.79 Å². The lowest BCUT2D eigenvalue weighted by atomic mass is 10.1. The Morgan fingerprint density at radius 1 is 1.11 bits per heavy atom. The van der Waals surface area contributed by atoms with Crippen LogP contribution in [0.4, 0.5) is 18.9 Å². The van der Waals surface area contributed by atoms with Crippen LogP contribution < -0.4 is 15.2 Å². The molecule has 6 nitrogen and oxygen atoms in total. The predicted molar refractivity (Wildman–Crippen MR) is 135 cm³/mol. The number of hydrogen-bond donors (Lipinski definition) is 0. The van der Waals surface area contributed by atoms with E-state index >= 15 is 0 Å². The number of fused-ring (bicyclic) bond motifs is 1. The Hall–Kier alpha value is -4.58. The Morgan fingerprint density at radius 2 is 1.89 bits per heavy atom. The van der Waals surface area contributed by atoms with Crippen LogP contribution in [-0.2, 0) is 6.18 Å². The van der Waals surface area contributed by atoms with E-state index in [1.807, 2.05) is 25.1 Å². The summed E-state index contributed by atoms with van der Waals surface area (Å²) < 4.78 is 46.8. The summed E-state index contributed by atoms with van der Waals surface area (Å²) in [5, 5.41) is 4.60. The van der Waals surface area contributed by atoms with E-state index in [-0.39, 0.29) is 23.4 Å². The topological polar surface area (TPSA) is 59.7 Å². The molecule has 0 unspecified atom stereocenters. The summed E-state index contributed by atoms with van der Waals surface area (Å²) in [4.78, 5) is 19.7. The van der Waals surface area contributed by atoms with Gasteiger partial charge in [-0.25, -0.2) is 4.98 Å². The maximum atomic E-state index is 13.4. The molecule has 0 atom stereocenters. The fourth-order valence-corrected chi connectivity index (χ4v) is 3.52. The smallest absolute Gasteiger partial charge is 0.416 e. The van der Waals surface area contributed by atoms with Gasteiger partial charge >= 0.3 is 6.18 Å². The van der Waals surface area contributed by atoms with E-state index in [0.717, 1.165) is 22.5 Å². The first-order chi connectivity index (χ1) is 17.2. The van der Waals surface area contributed by atoms with Crippen molar-refractivity contribution in [2.45, 2.75) is 6.18 Å². The fourth-order valence-electron chi connectivity index (χ4n) is 3.52. The van der Waals surface area contributed by atoms with Gasteiger partial charge in [-0.2, -0.15) is 22.9 Å². The minimum atomic E-state index is -4.56. The number of halogens is 3. The molecular weight excluding hydrogens is 469 g/mol. The first-order valence-electron chi connectivity index (χ1n) is 10.8. The average Bonchev–Trinajstić information content (AvgIpc) is 2.86. The second kappa shape index (κ2) is 9.96. The van der Waals surface area contributed by atoms with Crippen LogP contribution in [0.25, 0.3) is 22.3 Å². The van der Waals surface area contributed by atoms with Crippen molar-refractivity contribution in [1.29, 1.82) is 0 Å². The van der Waals surface area contributed by atoms with Crippen LogP contribution in [-0.4, -0.2) is 36.6 Å². The maximum absolute atomic E-state index is 13.4. The van der Waals surface area contributed by atoms with Crippen molar-refractivity contribution in [3.8, 4) is 29.5 Å². The highest BCUT2D eigenvalue weighted by Gasteiger charge is 2.31. The zero-order chi connectivity index (χ0) is 25.9. The molecule has 0 saturated heterocycles. The predicted octanol–water partition coefficient (Wildman–Crippen LogP) is 5.04. The van der Waals surface area contributed by atoms with E-state index in [1.165, 1.54) is 18.3 Å². The summed E-state index contributed by atoms with van der Waals surface area (Å²) >= 11 is 0. The summed E-state index contributed by atoms with van der Waals surface area (Å²) in [6, 6.07) is 16.5. The molecule has 4 rings (SSSR count). The molecule has 1 aromatic heterocycles. The molecule has 3 aromatic carbocycles. The molecule has 0 aliphatic rings. The first kappa shape index (κ1) is 24.5. The summed E-state index contributed by atoms with van der Waals surface area (Å²) in [5.74, 6) is 2.81. The first-order valence-corrected chi connectivity index (χ1v) is 10.8. The van der Waals surface area contributed by atoms with Crippen LogP contribution in [0.5, 0.6) is 5.75 Å². The number of aromatic nitrogens is 2. The van der Waals surface area contributed by atoms with E-state index in [9.17, 15) is 18.0 Å². The van der Waals surface area contributed by atoms with Gasteiger partial charge in [0.1, 0.15) is 12.4 Å². The molecule has 1 heterocycles. The van der Waals surface area contributed by atoms with Crippen LogP contribution >= 0.6 is 0 Å². The number of benzene rings is 3. The van der Waals surface area contributed by atoms with Crippen LogP contribution in [0.2, 0.25) is 0 Å². The van der Waals surface area contributed by atoms with Gasteiger partial charge in [-0.1, -0.05) is 30.2 Å². The molecule has 0 spiro atoms. The van der Waals surface area contributed by atoms with Crippen LogP contribution in [0.1, 0.15) is 11.1 Å². The second-order valence-corrected chi connectivity index (χ2v) is 8.00. The van der Waals surface area contributed by atoms with Gasteiger partial charge < -0.3 is 9.64 Å². The van der Waals surface area contributed by atoms with Crippen molar-refractivity contribution in [2.24, 2.45) is 5.10 Å². The van der Waals surface area contributed by atoms with Crippen molar-refractivity contribution >= 4 is 22.8 Å². The molecule has 4 aromatic rings. The number of ether oxygens (including phenoxy) is 1. The number of nitrogens with zero attached hydrogens (tertiary/aromatic N) is 4. The number of rotatable bonds is 6. The standard InChI is InChI=1S/C27H21F3N4O2/c1-4-14-36-24-16-21(33(2)3)13-12-19(24)17-31-34-25(18-8-7-9-20(15-18)27(28,29)30)32-23-11-6-5-10-22(23)26(34)35/h1,5-13,15-17H,14H2,2-3H3. The van der Waals surface area contributed by atoms with Crippen LogP contribution in [0, 0.1) is 12.3 Å². The highest BCUT2D eigenvalue weighted by Crippen LogP contribution is 2.32. The molecule has 0 amide bonds. The minimum Gasteiger partial charge on any atom is -0.480 e. The zero-order valence-corrected chi connectivity index (χ0v) is 19.5. The number of anilines is 1. The monoisotopic (exact) mass is 490 g/mol. The van der Waals surface area contributed by atoms with Gasteiger partial charge in [-0.05, 0) is 36.4 Å². The molecule has 182 valence electrons.